The molecule has 1 aromatic carbocycles. The van der Waals surface area contributed by atoms with Crippen molar-refractivity contribution in [1.29, 1.82) is 0 Å². The highest BCUT2D eigenvalue weighted by molar-refractivity contribution is 8.18. The SMILES string of the molecule is NC1=NC(=O)S/C1=C\c1cc([N+](=O)[O-])ccc1O. The van der Waals surface area contributed by atoms with Gasteiger partial charge in [0.2, 0.25) is 0 Å². The average molecular weight is 265 g/mol. The van der Waals surface area contributed by atoms with Crippen molar-refractivity contribution in [3.8, 4) is 5.75 Å². The summed E-state index contributed by atoms with van der Waals surface area (Å²) in [5.74, 6) is -0.100. The Hall–Kier alpha value is -2.35. The fourth-order valence-corrected chi connectivity index (χ4v) is 2.01. The van der Waals surface area contributed by atoms with Crippen LogP contribution in [0.3, 0.4) is 0 Å². The number of rotatable bonds is 2. The summed E-state index contributed by atoms with van der Waals surface area (Å²) >= 11 is 0.804. The van der Waals surface area contributed by atoms with E-state index >= 15 is 0 Å². The lowest BCUT2D eigenvalue weighted by molar-refractivity contribution is -0.384. The number of hydrogen-bond acceptors (Lipinski definition) is 6. The first-order chi connectivity index (χ1) is 8.47. The Morgan fingerprint density at radius 3 is 2.78 bits per heavy atom. The smallest absolute Gasteiger partial charge is 0.311 e. The van der Waals surface area contributed by atoms with E-state index in [0.717, 1.165) is 11.8 Å². The van der Waals surface area contributed by atoms with Crippen molar-refractivity contribution in [3.05, 3.63) is 38.8 Å². The standard InChI is InChI=1S/C10H7N3O4S/c11-9-8(18-10(15)12-9)4-5-3-6(13(16)17)1-2-7(5)14/h1-4,14H,(H2,11,12,15)/b8-4-. The van der Waals surface area contributed by atoms with Crippen molar-refractivity contribution < 1.29 is 14.8 Å². The van der Waals surface area contributed by atoms with E-state index in [1.165, 1.54) is 24.3 Å². The maximum absolute atomic E-state index is 11.0. The average Bonchev–Trinajstić information content (AvgIpc) is 2.60. The molecular formula is C10H7N3O4S. The van der Waals surface area contributed by atoms with Gasteiger partial charge in [-0.05, 0) is 23.9 Å². The van der Waals surface area contributed by atoms with Gasteiger partial charge in [-0.25, -0.2) is 0 Å². The maximum Gasteiger partial charge on any atom is 0.311 e. The number of thioether (sulfide) groups is 1. The van der Waals surface area contributed by atoms with Crippen LogP contribution in [0.25, 0.3) is 6.08 Å². The predicted molar refractivity (Wildman–Crippen MR) is 67.3 cm³/mol. The van der Waals surface area contributed by atoms with Crippen molar-refractivity contribution in [2.24, 2.45) is 10.7 Å². The summed E-state index contributed by atoms with van der Waals surface area (Å²) in [6, 6.07) is 3.58. The van der Waals surface area contributed by atoms with Crippen LogP contribution in [-0.4, -0.2) is 21.1 Å². The Labute approximate surface area is 105 Å². The van der Waals surface area contributed by atoms with Gasteiger partial charge in [-0.2, -0.15) is 4.99 Å². The highest BCUT2D eigenvalue weighted by Crippen LogP contribution is 2.31. The molecule has 8 heteroatoms. The van der Waals surface area contributed by atoms with Gasteiger partial charge >= 0.3 is 5.24 Å². The van der Waals surface area contributed by atoms with E-state index in [1.54, 1.807) is 0 Å². The molecule has 1 aliphatic heterocycles. The molecule has 2 rings (SSSR count). The third-order valence-electron chi connectivity index (χ3n) is 2.17. The molecule has 0 saturated heterocycles. The quantitative estimate of drug-likeness (QED) is 0.622. The van der Waals surface area contributed by atoms with Crippen LogP contribution in [0.5, 0.6) is 5.75 Å². The van der Waals surface area contributed by atoms with Gasteiger partial charge in [-0.3, -0.25) is 14.9 Å². The summed E-state index contributed by atoms with van der Waals surface area (Å²) < 4.78 is 0. The molecule has 0 saturated carbocycles. The minimum absolute atomic E-state index is 0.0379. The van der Waals surface area contributed by atoms with Crippen LogP contribution in [-0.2, 0) is 0 Å². The summed E-state index contributed by atoms with van der Waals surface area (Å²) in [6.07, 6.45) is 1.39. The molecule has 1 aromatic rings. The van der Waals surface area contributed by atoms with Crippen molar-refractivity contribution in [2.45, 2.75) is 0 Å². The van der Waals surface area contributed by atoms with Crippen molar-refractivity contribution in [2.75, 3.05) is 0 Å². The molecule has 92 valence electrons. The summed E-state index contributed by atoms with van der Waals surface area (Å²) in [6.45, 7) is 0. The number of nitrogens with two attached hydrogens (primary N) is 1. The van der Waals surface area contributed by atoms with Crippen LogP contribution in [0.1, 0.15) is 5.56 Å². The fourth-order valence-electron chi connectivity index (χ4n) is 1.34. The maximum atomic E-state index is 11.0. The van der Waals surface area contributed by atoms with Crippen molar-refractivity contribution in [1.82, 2.24) is 0 Å². The number of hydrogen-bond donors (Lipinski definition) is 2. The predicted octanol–water partition coefficient (Wildman–Crippen LogP) is 1.87. The van der Waals surface area contributed by atoms with Gasteiger partial charge in [0, 0.05) is 17.7 Å². The van der Waals surface area contributed by atoms with Crippen LogP contribution < -0.4 is 5.73 Å². The van der Waals surface area contributed by atoms with E-state index in [9.17, 15) is 20.0 Å². The van der Waals surface area contributed by atoms with Gasteiger partial charge in [0.05, 0.1) is 9.83 Å². The third-order valence-corrected chi connectivity index (χ3v) is 2.98. The zero-order valence-corrected chi connectivity index (χ0v) is 9.68. The molecule has 0 bridgehead atoms. The molecule has 7 nitrogen and oxygen atoms in total. The Morgan fingerprint density at radius 1 is 1.50 bits per heavy atom. The van der Waals surface area contributed by atoms with Gasteiger partial charge < -0.3 is 10.8 Å². The summed E-state index contributed by atoms with van der Waals surface area (Å²) in [5, 5.41) is 19.7. The highest BCUT2D eigenvalue weighted by Gasteiger charge is 2.19. The number of amidine groups is 1. The summed E-state index contributed by atoms with van der Waals surface area (Å²) in [4.78, 5) is 24.9. The van der Waals surface area contributed by atoms with Crippen LogP contribution in [0, 0.1) is 10.1 Å². The lowest BCUT2D eigenvalue weighted by Gasteiger charge is -2.00. The molecule has 3 N–H and O–H groups in total. The number of phenols is 1. The fraction of sp³-hybridized carbons (Fsp3) is 0. The lowest BCUT2D eigenvalue weighted by atomic mass is 10.1. The van der Waals surface area contributed by atoms with Crippen molar-refractivity contribution >= 4 is 34.6 Å². The number of amides is 1. The molecule has 0 atom stereocenters. The number of carbonyl (C=O) groups is 1. The number of phenolic OH excluding ortho intramolecular Hbond substituents is 1. The highest BCUT2D eigenvalue weighted by atomic mass is 32.2. The molecule has 1 heterocycles. The van der Waals surface area contributed by atoms with E-state index in [1.807, 2.05) is 0 Å². The second kappa shape index (κ2) is 4.49. The van der Waals surface area contributed by atoms with E-state index in [2.05, 4.69) is 4.99 Å². The van der Waals surface area contributed by atoms with E-state index in [0.29, 0.717) is 4.91 Å². The summed E-state index contributed by atoms with van der Waals surface area (Å²) in [7, 11) is 0. The number of aromatic hydroxyl groups is 1. The first-order valence-electron chi connectivity index (χ1n) is 4.73. The topological polar surface area (TPSA) is 119 Å². The number of nitrogens with zero attached hydrogens (tertiary/aromatic N) is 2. The second-order valence-corrected chi connectivity index (χ2v) is 4.37. The molecule has 1 aliphatic rings. The lowest BCUT2D eigenvalue weighted by Crippen LogP contribution is -2.08. The van der Waals surface area contributed by atoms with Crippen LogP contribution >= 0.6 is 11.8 Å². The molecule has 0 aliphatic carbocycles. The van der Waals surface area contributed by atoms with Gasteiger partial charge in [0.15, 0.2) is 0 Å². The molecule has 1 amide bonds. The van der Waals surface area contributed by atoms with E-state index in [4.69, 9.17) is 5.73 Å². The number of non-ortho nitro benzene ring substituents is 1. The zero-order chi connectivity index (χ0) is 13.3. The minimum Gasteiger partial charge on any atom is -0.507 e. The Kier molecular flexibility index (Phi) is 3.02. The van der Waals surface area contributed by atoms with Gasteiger partial charge in [0.25, 0.3) is 5.69 Å². The number of carbonyl (C=O) groups excluding carboxylic acids is 1. The third kappa shape index (κ3) is 2.33. The minimum atomic E-state index is -0.578. The number of aliphatic imine (C=N–C) groups is 1. The van der Waals surface area contributed by atoms with Gasteiger partial charge in [-0.1, -0.05) is 0 Å². The molecule has 0 radical (unpaired) electrons. The Balaban J connectivity index is 2.43. The van der Waals surface area contributed by atoms with E-state index in [-0.39, 0.29) is 22.8 Å². The van der Waals surface area contributed by atoms with Crippen LogP contribution in [0.15, 0.2) is 28.1 Å². The van der Waals surface area contributed by atoms with E-state index < -0.39 is 10.2 Å². The first-order valence-corrected chi connectivity index (χ1v) is 5.54. The molecule has 18 heavy (non-hydrogen) atoms. The number of nitro groups is 1. The normalized spacial score (nSPS) is 17.0. The monoisotopic (exact) mass is 265 g/mol. The van der Waals surface area contributed by atoms with Crippen LogP contribution in [0.4, 0.5) is 10.5 Å². The Morgan fingerprint density at radius 2 is 2.22 bits per heavy atom. The Bertz CT molecular complexity index is 609. The first kappa shape index (κ1) is 12.1. The van der Waals surface area contributed by atoms with Gasteiger partial charge in [0.1, 0.15) is 11.6 Å². The molecule has 0 spiro atoms. The van der Waals surface area contributed by atoms with Gasteiger partial charge in [-0.15, -0.1) is 0 Å². The molecule has 0 unspecified atom stereocenters. The molecule has 0 fully saturated rings. The van der Waals surface area contributed by atoms with Crippen LogP contribution in [0.2, 0.25) is 0 Å². The molecule has 0 aromatic heterocycles. The second-order valence-electron chi connectivity index (χ2n) is 3.37. The number of benzene rings is 1. The number of nitro benzene ring substituents is 1. The zero-order valence-electron chi connectivity index (χ0n) is 8.86. The summed E-state index contributed by atoms with van der Waals surface area (Å²) in [5.41, 5.74) is 5.54. The largest absolute Gasteiger partial charge is 0.507 e. The van der Waals surface area contributed by atoms with Crippen molar-refractivity contribution in [3.63, 3.8) is 0 Å². The molecular weight excluding hydrogens is 258 g/mol.